The first-order chi connectivity index (χ1) is 6.27. The summed E-state index contributed by atoms with van der Waals surface area (Å²) >= 11 is 3.30. The molecule has 0 spiro atoms. The number of nitrogens with zero attached hydrogens (tertiary/aromatic N) is 1. The van der Waals surface area contributed by atoms with Gasteiger partial charge in [-0.25, -0.2) is 9.37 Å². The van der Waals surface area contributed by atoms with Gasteiger partial charge in [0, 0.05) is 10.0 Å². The van der Waals surface area contributed by atoms with E-state index in [1.54, 1.807) is 6.07 Å². The molecule has 2 nitrogen and oxygen atoms in total. The lowest BCUT2D eigenvalue weighted by Gasteiger charge is -1.99. The summed E-state index contributed by atoms with van der Waals surface area (Å²) in [6, 6.07) is 4.43. The summed E-state index contributed by atoms with van der Waals surface area (Å²) < 4.78 is 18.5. The highest BCUT2D eigenvalue weighted by Crippen LogP contribution is 2.27. The Kier molecular flexibility index (Phi) is 2.14. The molecular formula is C9H5BrFNO. The zero-order valence-electron chi connectivity index (χ0n) is 6.50. The quantitative estimate of drug-likeness (QED) is 0.767. The fourth-order valence-electron chi connectivity index (χ4n) is 1.04. The lowest BCUT2D eigenvalue weighted by Crippen LogP contribution is -1.81. The minimum absolute atomic E-state index is 0.291. The summed E-state index contributed by atoms with van der Waals surface area (Å²) in [5.74, 6) is -0.291. The average molecular weight is 242 g/mol. The normalized spacial score (nSPS) is 10.3. The molecule has 0 fully saturated rings. The molecule has 0 unspecified atom stereocenters. The van der Waals surface area contributed by atoms with Gasteiger partial charge in [0.2, 0.25) is 0 Å². The van der Waals surface area contributed by atoms with Crippen molar-refractivity contribution in [2.75, 3.05) is 0 Å². The van der Waals surface area contributed by atoms with Crippen molar-refractivity contribution in [3.63, 3.8) is 0 Å². The van der Waals surface area contributed by atoms with E-state index in [-0.39, 0.29) is 5.82 Å². The van der Waals surface area contributed by atoms with Crippen molar-refractivity contribution >= 4 is 15.9 Å². The summed E-state index contributed by atoms with van der Waals surface area (Å²) in [5, 5.41) is 0. The van der Waals surface area contributed by atoms with Crippen molar-refractivity contribution in [1.82, 2.24) is 4.98 Å². The molecule has 0 atom stereocenters. The summed E-state index contributed by atoms with van der Waals surface area (Å²) in [4.78, 5) is 3.93. The first-order valence-electron chi connectivity index (χ1n) is 3.61. The summed E-state index contributed by atoms with van der Waals surface area (Å²) in [5.41, 5.74) is 1.31. The van der Waals surface area contributed by atoms with Crippen LogP contribution in [0.4, 0.5) is 4.39 Å². The Bertz CT molecular complexity index is 414. The molecule has 0 aliphatic heterocycles. The van der Waals surface area contributed by atoms with Crippen molar-refractivity contribution in [3.8, 4) is 11.3 Å². The van der Waals surface area contributed by atoms with Gasteiger partial charge in [0.05, 0.1) is 0 Å². The van der Waals surface area contributed by atoms with Gasteiger partial charge < -0.3 is 4.42 Å². The molecule has 0 amide bonds. The van der Waals surface area contributed by atoms with Crippen molar-refractivity contribution in [3.05, 3.63) is 41.1 Å². The molecule has 0 aliphatic carbocycles. The number of halogens is 2. The zero-order chi connectivity index (χ0) is 9.26. The van der Waals surface area contributed by atoms with Crippen LogP contribution in [-0.4, -0.2) is 4.98 Å². The number of rotatable bonds is 1. The minimum atomic E-state index is -0.291. The van der Waals surface area contributed by atoms with Gasteiger partial charge >= 0.3 is 0 Å². The second-order valence-electron chi connectivity index (χ2n) is 2.50. The average Bonchev–Trinajstić information content (AvgIpc) is 2.61. The number of hydrogen-bond acceptors (Lipinski definition) is 2. The van der Waals surface area contributed by atoms with E-state index in [1.807, 2.05) is 0 Å². The van der Waals surface area contributed by atoms with Crippen LogP contribution in [0.5, 0.6) is 0 Å². The lowest BCUT2D eigenvalue weighted by molar-refractivity contribution is 0.558. The van der Waals surface area contributed by atoms with Gasteiger partial charge in [0.15, 0.2) is 6.39 Å². The van der Waals surface area contributed by atoms with Gasteiger partial charge in [-0.3, -0.25) is 0 Å². The molecule has 4 heteroatoms. The Morgan fingerprint density at radius 2 is 2.23 bits per heavy atom. The van der Waals surface area contributed by atoms with E-state index in [2.05, 4.69) is 20.9 Å². The Hall–Kier alpha value is -1.16. The molecular weight excluding hydrogens is 237 g/mol. The Labute approximate surface area is 82.5 Å². The molecule has 66 valence electrons. The van der Waals surface area contributed by atoms with Crippen LogP contribution >= 0.6 is 15.9 Å². The van der Waals surface area contributed by atoms with Crippen molar-refractivity contribution in [2.45, 2.75) is 0 Å². The van der Waals surface area contributed by atoms with E-state index in [9.17, 15) is 4.39 Å². The van der Waals surface area contributed by atoms with Gasteiger partial charge in [-0.05, 0) is 18.2 Å². The molecule has 2 aromatic rings. The van der Waals surface area contributed by atoms with E-state index in [0.717, 1.165) is 4.47 Å². The zero-order valence-corrected chi connectivity index (χ0v) is 8.08. The third-order valence-corrected chi connectivity index (χ3v) is 2.33. The van der Waals surface area contributed by atoms with Crippen LogP contribution in [0.1, 0.15) is 0 Å². The smallest absolute Gasteiger partial charge is 0.181 e. The SMILES string of the molecule is Fc1ccc(Br)c(-c2cocn2)c1. The van der Waals surface area contributed by atoms with Crippen LogP contribution in [0.2, 0.25) is 0 Å². The first kappa shape index (κ1) is 8.44. The fraction of sp³-hybridized carbons (Fsp3) is 0. The maximum atomic E-state index is 12.9. The molecule has 0 saturated carbocycles. The maximum absolute atomic E-state index is 12.9. The Balaban J connectivity index is 2.57. The molecule has 0 aliphatic rings. The highest BCUT2D eigenvalue weighted by Gasteiger charge is 2.06. The van der Waals surface area contributed by atoms with E-state index in [1.165, 1.54) is 24.8 Å². The second kappa shape index (κ2) is 3.30. The molecule has 0 saturated heterocycles. The Morgan fingerprint density at radius 3 is 2.92 bits per heavy atom. The van der Waals surface area contributed by atoms with Gasteiger partial charge in [0.25, 0.3) is 0 Å². The van der Waals surface area contributed by atoms with E-state index >= 15 is 0 Å². The Morgan fingerprint density at radius 1 is 1.38 bits per heavy atom. The molecule has 13 heavy (non-hydrogen) atoms. The van der Waals surface area contributed by atoms with E-state index in [4.69, 9.17) is 4.42 Å². The van der Waals surface area contributed by atoms with Crippen LogP contribution in [0.25, 0.3) is 11.3 Å². The fourth-order valence-corrected chi connectivity index (χ4v) is 1.49. The third kappa shape index (κ3) is 1.62. The molecule has 0 N–H and O–H groups in total. The predicted octanol–water partition coefficient (Wildman–Crippen LogP) is 3.24. The van der Waals surface area contributed by atoms with Crippen LogP contribution < -0.4 is 0 Å². The summed E-state index contributed by atoms with van der Waals surface area (Å²) in [6.07, 6.45) is 2.78. The van der Waals surface area contributed by atoms with Gasteiger partial charge in [-0.1, -0.05) is 15.9 Å². The van der Waals surface area contributed by atoms with Gasteiger partial charge in [-0.2, -0.15) is 0 Å². The highest BCUT2D eigenvalue weighted by atomic mass is 79.9. The van der Waals surface area contributed by atoms with E-state index in [0.29, 0.717) is 11.3 Å². The molecule has 1 heterocycles. The second-order valence-corrected chi connectivity index (χ2v) is 3.35. The van der Waals surface area contributed by atoms with Crippen molar-refractivity contribution < 1.29 is 8.81 Å². The molecule has 1 aromatic carbocycles. The summed E-state index contributed by atoms with van der Waals surface area (Å²) in [6.45, 7) is 0. The van der Waals surface area contributed by atoms with Crippen molar-refractivity contribution in [1.29, 1.82) is 0 Å². The lowest BCUT2D eigenvalue weighted by atomic mass is 10.2. The van der Waals surface area contributed by atoms with Crippen molar-refractivity contribution in [2.24, 2.45) is 0 Å². The third-order valence-electron chi connectivity index (χ3n) is 1.64. The first-order valence-corrected chi connectivity index (χ1v) is 4.40. The molecule has 0 bridgehead atoms. The predicted molar refractivity (Wildman–Crippen MR) is 49.6 cm³/mol. The minimum Gasteiger partial charge on any atom is -0.451 e. The molecule has 0 radical (unpaired) electrons. The molecule has 2 rings (SSSR count). The van der Waals surface area contributed by atoms with Crippen LogP contribution in [0.15, 0.2) is 39.7 Å². The number of aromatic nitrogens is 1. The van der Waals surface area contributed by atoms with Crippen LogP contribution in [-0.2, 0) is 0 Å². The number of benzene rings is 1. The monoisotopic (exact) mass is 241 g/mol. The maximum Gasteiger partial charge on any atom is 0.181 e. The summed E-state index contributed by atoms with van der Waals surface area (Å²) in [7, 11) is 0. The number of hydrogen-bond donors (Lipinski definition) is 0. The standard InChI is InChI=1S/C9H5BrFNO/c10-8-2-1-6(11)3-7(8)9-4-13-5-12-9/h1-5H. The highest BCUT2D eigenvalue weighted by molar-refractivity contribution is 9.10. The van der Waals surface area contributed by atoms with E-state index < -0.39 is 0 Å². The molecule has 1 aromatic heterocycles. The topological polar surface area (TPSA) is 26.0 Å². The number of oxazole rings is 1. The van der Waals surface area contributed by atoms with Gasteiger partial charge in [-0.15, -0.1) is 0 Å². The van der Waals surface area contributed by atoms with Crippen LogP contribution in [0.3, 0.4) is 0 Å². The largest absolute Gasteiger partial charge is 0.451 e. The van der Waals surface area contributed by atoms with Gasteiger partial charge in [0.1, 0.15) is 17.8 Å². The van der Waals surface area contributed by atoms with Crippen LogP contribution in [0, 0.1) is 5.82 Å².